The summed E-state index contributed by atoms with van der Waals surface area (Å²) < 4.78 is 43.4. The Morgan fingerprint density at radius 3 is 2.13 bits per heavy atom. The van der Waals surface area contributed by atoms with E-state index in [1.165, 1.54) is 0 Å². The van der Waals surface area contributed by atoms with E-state index in [4.69, 9.17) is 0 Å². The zero-order chi connectivity index (χ0) is 21.9. The fraction of sp³-hybridized carbons (Fsp3) is 0.435. The summed E-state index contributed by atoms with van der Waals surface area (Å²) >= 11 is 0. The van der Waals surface area contributed by atoms with Crippen LogP contribution in [0, 0.1) is 0 Å². The first-order valence-electron chi connectivity index (χ1n) is 10.3. The van der Waals surface area contributed by atoms with E-state index in [-0.39, 0.29) is 5.91 Å². The van der Waals surface area contributed by atoms with Crippen molar-refractivity contribution in [2.24, 2.45) is 0 Å². The second-order valence-corrected chi connectivity index (χ2v) is 10.4. The number of carbonyl (C=O) groups excluding carboxylic acids is 1. The quantitative estimate of drug-likeness (QED) is 0.720. The molecule has 0 spiro atoms. The Kier molecular flexibility index (Phi) is 6.62. The van der Waals surface area contributed by atoms with Crippen LogP contribution in [-0.4, -0.2) is 32.7 Å². The molecule has 1 fully saturated rings. The van der Waals surface area contributed by atoms with Crippen molar-refractivity contribution < 1.29 is 17.6 Å². The number of hydrogen-bond donors (Lipinski definition) is 2. The van der Waals surface area contributed by atoms with Gasteiger partial charge >= 0.3 is 0 Å². The van der Waals surface area contributed by atoms with Crippen molar-refractivity contribution in [3.05, 3.63) is 59.7 Å². The normalized spacial score (nSPS) is 22.1. The first-order valence-corrected chi connectivity index (χ1v) is 11.8. The van der Waals surface area contributed by atoms with Crippen LogP contribution in [0.4, 0.5) is 4.39 Å². The summed E-state index contributed by atoms with van der Waals surface area (Å²) in [5.74, 6) is -0.150. The summed E-state index contributed by atoms with van der Waals surface area (Å²) in [6.45, 7) is 3.19. The maximum Gasteiger partial charge on any atom is 0.251 e. The molecule has 0 aliphatic heterocycles. The lowest BCUT2D eigenvalue weighted by atomic mass is 9.77. The number of alkyl halides is 1. The number of amides is 1. The van der Waals surface area contributed by atoms with Gasteiger partial charge in [-0.15, -0.1) is 0 Å². The third-order valence-corrected chi connectivity index (χ3v) is 7.69. The van der Waals surface area contributed by atoms with Gasteiger partial charge in [-0.2, -0.15) is 0 Å². The van der Waals surface area contributed by atoms with Crippen molar-refractivity contribution in [2.75, 3.05) is 7.05 Å². The van der Waals surface area contributed by atoms with Gasteiger partial charge in [0.25, 0.3) is 5.91 Å². The predicted molar refractivity (Wildman–Crippen MR) is 118 cm³/mol. The fourth-order valence-corrected chi connectivity index (χ4v) is 4.84. The molecular formula is C23H29FN2O3S. The zero-order valence-corrected chi connectivity index (χ0v) is 18.4. The number of halogens is 1. The molecule has 30 heavy (non-hydrogen) atoms. The number of nitrogens with one attached hydrogen (secondary N) is 2. The molecule has 1 aliphatic carbocycles. The number of benzene rings is 2. The third-order valence-electron chi connectivity index (χ3n) is 5.84. The van der Waals surface area contributed by atoms with Crippen LogP contribution < -0.4 is 10.0 Å². The van der Waals surface area contributed by atoms with Gasteiger partial charge in [0.2, 0.25) is 10.0 Å². The minimum Gasteiger partial charge on any atom is -0.355 e. The molecule has 2 aromatic carbocycles. The standard InChI is InChI=1S/C23H29FN2O3S/c1-16(2)30(28,29)26-21-6-4-5-15-23(21,24)20-13-11-18(12-14-20)17-7-9-19(10-8-17)22(27)25-3/h7-14,16,21,26H,4-6,15H2,1-3H3,(H,25,27)/t21-,23-/m0/s1. The molecule has 5 nitrogen and oxygen atoms in total. The molecule has 0 aromatic heterocycles. The van der Waals surface area contributed by atoms with Crippen LogP contribution in [-0.2, 0) is 15.7 Å². The Labute approximate surface area is 178 Å². The van der Waals surface area contributed by atoms with Crippen LogP contribution in [0.25, 0.3) is 11.1 Å². The first-order chi connectivity index (χ1) is 14.2. The second kappa shape index (κ2) is 8.86. The van der Waals surface area contributed by atoms with Gasteiger partial charge in [0.1, 0.15) is 0 Å². The smallest absolute Gasteiger partial charge is 0.251 e. The average molecular weight is 433 g/mol. The van der Waals surface area contributed by atoms with E-state index in [0.717, 1.165) is 24.0 Å². The molecule has 1 amide bonds. The number of hydrogen-bond acceptors (Lipinski definition) is 3. The monoisotopic (exact) mass is 432 g/mol. The van der Waals surface area contributed by atoms with Crippen molar-refractivity contribution >= 4 is 15.9 Å². The van der Waals surface area contributed by atoms with Gasteiger partial charge < -0.3 is 5.32 Å². The molecule has 1 aliphatic rings. The van der Waals surface area contributed by atoms with Crippen LogP contribution in [0.3, 0.4) is 0 Å². The topological polar surface area (TPSA) is 75.3 Å². The maximum absolute atomic E-state index is 16.1. The summed E-state index contributed by atoms with van der Waals surface area (Å²) in [7, 11) is -1.98. The van der Waals surface area contributed by atoms with Crippen LogP contribution in [0.1, 0.15) is 55.5 Å². The second-order valence-electron chi connectivity index (χ2n) is 8.11. The highest BCUT2D eigenvalue weighted by Crippen LogP contribution is 2.42. The molecule has 2 atom stereocenters. The Morgan fingerprint density at radius 1 is 1.03 bits per heavy atom. The van der Waals surface area contributed by atoms with Gasteiger partial charge in [-0.25, -0.2) is 17.5 Å². The molecule has 0 radical (unpaired) electrons. The molecule has 0 bridgehead atoms. The first kappa shape index (κ1) is 22.4. The maximum atomic E-state index is 16.1. The molecular weight excluding hydrogens is 403 g/mol. The van der Waals surface area contributed by atoms with E-state index >= 15 is 4.39 Å². The number of rotatable bonds is 6. The summed E-state index contributed by atoms with van der Waals surface area (Å²) in [4.78, 5) is 11.7. The lowest BCUT2D eigenvalue weighted by molar-refractivity contribution is 0.0712. The summed E-state index contributed by atoms with van der Waals surface area (Å²) in [6, 6.07) is 13.6. The minimum atomic E-state index is -3.56. The largest absolute Gasteiger partial charge is 0.355 e. The van der Waals surface area contributed by atoms with E-state index in [0.29, 0.717) is 24.0 Å². The van der Waals surface area contributed by atoms with Crippen molar-refractivity contribution in [3.8, 4) is 11.1 Å². The summed E-state index contributed by atoms with van der Waals surface area (Å²) in [5.41, 5.74) is 1.15. The van der Waals surface area contributed by atoms with Crippen molar-refractivity contribution in [2.45, 2.75) is 56.5 Å². The number of carbonyl (C=O) groups is 1. The minimum absolute atomic E-state index is 0.150. The lowest BCUT2D eigenvalue weighted by Gasteiger charge is -2.38. The molecule has 162 valence electrons. The van der Waals surface area contributed by atoms with E-state index in [2.05, 4.69) is 10.0 Å². The molecule has 7 heteroatoms. The molecule has 0 unspecified atom stereocenters. The van der Waals surface area contributed by atoms with Gasteiger partial charge in [-0.3, -0.25) is 4.79 Å². The van der Waals surface area contributed by atoms with E-state index in [1.54, 1.807) is 45.2 Å². The zero-order valence-electron chi connectivity index (χ0n) is 17.6. The highest BCUT2D eigenvalue weighted by molar-refractivity contribution is 7.90. The van der Waals surface area contributed by atoms with Crippen molar-refractivity contribution in [1.29, 1.82) is 0 Å². The van der Waals surface area contributed by atoms with Crippen molar-refractivity contribution in [1.82, 2.24) is 10.0 Å². The summed E-state index contributed by atoms with van der Waals surface area (Å²) in [6.07, 6.45) is 2.29. The summed E-state index contributed by atoms with van der Waals surface area (Å²) in [5, 5.41) is 1.98. The molecule has 3 rings (SSSR count). The van der Waals surface area contributed by atoms with Crippen LogP contribution in [0.5, 0.6) is 0 Å². The molecule has 1 saturated carbocycles. The van der Waals surface area contributed by atoms with E-state index in [9.17, 15) is 13.2 Å². The molecule has 2 N–H and O–H groups in total. The third kappa shape index (κ3) is 4.57. The van der Waals surface area contributed by atoms with Crippen LogP contribution in [0.15, 0.2) is 48.5 Å². The van der Waals surface area contributed by atoms with E-state index in [1.807, 2.05) is 24.3 Å². The predicted octanol–water partition coefficient (Wildman–Crippen LogP) is 4.15. The lowest BCUT2D eigenvalue weighted by Crippen LogP contribution is -2.51. The SMILES string of the molecule is CNC(=O)c1ccc(-c2ccc([C@@]3(F)CCCC[C@@H]3NS(=O)(=O)C(C)C)cc2)cc1. The van der Waals surface area contributed by atoms with Gasteiger partial charge in [-0.05, 0) is 61.9 Å². The Morgan fingerprint density at radius 2 is 1.60 bits per heavy atom. The van der Waals surface area contributed by atoms with Gasteiger partial charge in [0, 0.05) is 12.6 Å². The van der Waals surface area contributed by atoms with Gasteiger partial charge in [-0.1, -0.05) is 42.8 Å². The molecule has 0 saturated heterocycles. The average Bonchev–Trinajstić information content (AvgIpc) is 2.75. The van der Waals surface area contributed by atoms with Crippen LogP contribution >= 0.6 is 0 Å². The Bertz CT molecular complexity index is 988. The molecule has 0 heterocycles. The van der Waals surface area contributed by atoms with E-state index < -0.39 is 27.0 Å². The van der Waals surface area contributed by atoms with Crippen molar-refractivity contribution in [3.63, 3.8) is 0 Å². The van der Waals surface area contributed by atoms with Gasteiger partial charge in [0.05, 0.1) is 11.3 Å². The highest BCUT2D eigenvalue weighted by Gasteiger charge is 2.44. The Hall–Kier alpha value is -2.25. The van der Waals surface area contributed by atoms with Crippen LogP contribution in [0.2, 0.25) is 0 Å². The number of sulfonamides is 1. The fourth-order valence-electron chi connectivity index (χ4n) is 3.86. The Balaban J connectivity index is 1.85. The van der Waals surface area contributed by atoms with Gasteiger partial charge in [0.15, 0.2) is 5.67 Å². The molecule has 2 aromatic rings. The highest BCUT2D eigenvalue weighted by atomic mass is 32.2.